The van der Waals surface area contributed by atoms with Crippen LogP contribution in [0.25, 0.3) is 0 Å². The highest BCUT2D eigenvalue weighted by Crippen LogP contribution is 2.47. The van der Waals surface area contributed by atoms with E-state index in [4.69, 9.17) is 9.98 Å². The maximum absolute atomic E-state index is 4.90. The third-order valence-electron chi connectivity index (χ3n) is 12.7. The standard InChI is InChI=1S/C44H52N4/c1-30-42(3,4)38-26-32(12-22-40(38)47(30)7)28-45-36-18-14-34(15-19-36)44(24-10-9-11-25-44)35-16-20-37(21-17-35)46-29-33-13-23-41-39(27-33)43(5,6)31(2)48(41)8/h12-23,26-31H,9-11,24-25H2,1-8H3/t30-,31-/m0/s1. The van der Waals surface area contributed by atoms with Gasteiger partial charge in [-0.05, 0) is 109 Å². The molecule has 4 heteroatoms. The van der Waals surface area contributed by atoms with Gasteiger partial charge in [0.15, 0.2) is 0 Å². The van der Waals surface area contributed by atoms with E-state index >= 15 is 0 Å². The highest BCUT2D eigenvalue weighted by atomic mass is 15.2. The van der Waals surface area contributed by atoms with Crippen molar-refractivity contribution in [3.8, 4) is 0 Å². The molecule has 4 nitrogen and oxygen atoms in total. The molecule has 0 N–H and O–H groups in total. The van der Waals surface area contributed by atoms with E-state index in [1.165, 1.54) is 65.7 Å². The molecule has 3 aliphatic rings. The summed E-state index contributed by atoms with van der Waals surface area (Å²) in [5, 5.41) is 0. The summed E-state index contributed by atoms with van der Waals surface area (Å²) in [5.41, 5.74) is 12.8. The highest BCUT2D eigenvalue weighted by molar-refractivity contribution is 5.85. The third-order valence-corrected chi connectivity index (χ3v) is 12.7. The molecule has 1 saturated carbocycles. The van der Waals surface area contributed by atoms with Gasteiger partial charge in [0.05, 0.1) is 11.4 Å². The second-order valence-electron chi connectivity index (χ2n) is 15.8. The predicted molar refractivity (Wildman–Crippen MR) is 206 cm³/mol. The van der Waals surface area contributed by atoms with Crippen molar-refractivity contribution in [2.24, 2.45) is 9.98 Å². The van der Waals surface area contributed by atoms with Gasteiger partial charge in [-0.2, -0.15) is 0 Å². The minimum absolute atomic E-state index is 0.0330. The number of benzene rings is 4. The maximum Gasteiger partial charge on any atom is 0.0630 e. The van der Waals surface area contributed by atoms with Crippen LogP contribution in [0.1, 0.15) is 107 Å². The van der Waals surface area contributed by atoms with Crippen LogP contribution in [0, 0.1) is 0 Å². The van der Waals surface area contributed by atoms with Gasteiger partial charge in [0, 0.05) is 66.2 Å². The van der Waals surface area contributed by atoms with Gasteiger partial charge in [0.25, 0.3) is 0 Å². The first-order chi connectivity index (χ1) is 22.9. The van der Waals surface area contributed by atoms with Crippen molar-refractivity contribution in [1.29, 1.82) is 0 Å². The van der Waals surface area contributed by atoms with Gasteiger partial charge >= 0.3 is 0 Å². The summed E-state index contributed by atoms with van der Waals surface area (Å²) in [6.07, 6.45) is 10.2. The largest absolute Gasteiger partial charge is 0.371 e. The minimum Gasteiger partial charge on any atom is -0.371 e. The first-order valence-corrected chi connectivity index (χ1v) is 18.0. The van der Waals surface area contributed by atoms with Crippen molar-refractivity contribution in [2.75, 3.05) is 23.9 Å². The number of hydrogen-bond donors (Lipinski definition) is 0. The Labute approximate surface area is 288 Å². The SMILES string of the molecule is C[C@@H]1N(C)c2ccc(C=Nc3ccc(C4(c5ccc(N=Cc6ccc7c(c6)C(C)(C)[C@H](C)N7C)cc5)CCCCC4)cc3)cc2C1(C)C. The summed E-state index contributed by atoms with van der Waals surface area (Å²) in [6.45, 7) is 14.0. The fourth-order valence-electron chi connectivity index (χ4n) is 8.68. The predicted octanol–water partition coefficient (Wildman–Crippen LogP) is 10.7. The van der Waals surface area contributed by atoms with Crippen molar-refractivity contribution < 1.29 is 0 Å². The molecule has 1 aliphatic carbocycles. The second-order valence-corrected chi connectivity index (χ2v) is 15.8. The molecule has 0 unspecified atom stereocenters. The molecule has 2 aliphatic heterocycles. The van der Waals surface area contributed by atoms with E-state index in [0.717, 1.165) is 22.5 Å². The van der Waals surface area contributed by atoms with Crippen molar-refractivity contribution in [2.45, 2.75) is 102 Å². The summed E-state index contributed by atoms with van der Waals surface area (Å²) >= 11 is 0. The number of likely N-dealkylation sites (N-methyl/N-ethyl adjacent to an activating group) is 2. The molecule has 48 heavy (non-hydrogen) atoms. The zero-order valence-corrected chi connectivity index (χ0v) is 30.2. The van der Waals surface area contributed by atoms with Crippen molar-refractivity contribution in [3.05, 3.63) is 118 Å². The van der Waals surface area contributed by atoms with Gasteiger partial charge in [-0.25, -0.2) is 0 Å². The molecule has 4 aromatic carbocycles. The fourth-order valence-corrected chi connectivity index (χ4v) is 8.68. The zero-order chi connectivity index (χ0) is 33.8. The van der Waals surface area contributed by atoms with E-state index < -0.39 is 0 Å². The second kappa shape index (κ2) is 12.1. The molecule has 0 amide bonds. The Kier molecular flexibility index (Phi) is 8.13. The van der Waals surface area contributed by atoms with Crippen LogP contribution in [-0.4, -0.2) is 38.6 Å². The van der Waals surface area contributed by atoms with Crippen LogP contribution in [0.5, 0.6) is 0 Å². The molecule has 2 atom stereocenters. The van der Waals surface area contributed by atoms with E-state index in [1.54, 1.807) is 0 Å². The monoisotopic (exact) mass is 636 g/mol. The average molecular weight is 637 g/mol. The molecule has 248 valence electrons. The molecular weight excluding hydrogens is 585 g/mol. The first-order valence-electron chi connectivity index (χ1n) is 18.0. The smallest absolute Gasteiger partial charge is 0.0630 e. The van der Waals surface area contributed by atoms with Crippen molar-refractivity contribution in [3.63, 3.8) is 0 Å². The Balaban J connectivity index is 1.09. The van der Waals surface area contributed by atoms with Crippen molar-refractivity contribution in [1.82, 2.24) is 0 Å². The van der Waals surface area contributed by atoms with Gasteiger partial charge in [-0.1, -0.05) is 83.4 Å². The van der Waals surface area contributed by atoms with Crippen LogP contribution in [0.4, 0.5) is 22.7 Å². The normalized spacial score (nSPS) is 22.4. The van der Waals surface area contributed by atoms with Crippen LogP contribution >= 0.6 is 0 Å². The molecule has 7 rings (SSSR count). The molecular formula is C44H52N4. The summed E-state index contributed by atoms with van der Waals surface area (Å²) in [4.78, 5) is 14.6. The minimum atomic E-state index is 0.0330. The quantitative estimate of drug-likeness (QED) is 0.197. The lowest BCUT2D eigenvalue weighted by Gasteiger charge is -2.38. The average Bonchev–Trinajstić information content (AvgIpc) is 3.39. The number of anilines is 2. The Morgan fingerprint density at radius 1 is 0.562 bits per heavy atom. The molecule has 1 fully saturated rings. The molecule has 0 radical (unpaired) electrons. The molecule has 0 bridgehead atoms. The highest BCUT2D eigenvalue weighted by Gasteiger charge is 2.41. The first kappa shape index (κ1) is 32.4. The van der Waals surface area contributed by atoms with Gasteiger partial charge in [0.1, 0.15) is 0 Å². The van der Waals surface area contributed by atoms with Gasteiger partial charge in [0.2, 0.25) is 0 Å². The van der Waals surface area contributed by atoms with E-state index in [-0.39, 0.29) is 16.2 Å². The maximum atomic E-state index is 4.90. The fraction of sp³-hybridized carbons (Fsp3) is 0.409. The Hall–Kier alpha value is -4.18. The lowest BCUT2D eigenvalue weighted by Crippen LogP contribution is -2.36. The van der Waals surface area contributed by atoms with E-state index in [2.05, 4.69) is 150 Å². The number of rotatable bonds is 6. The lowest BCUT2D eigenvalue weighted by molar-refractivity contribution is 0.346. The molecule has 2 heterocycles. The van der Waals surface area contributed by atoms with Gasteiger partial charge in [-0.3, -0.25) is 9.98 Å². The zero-order valence-electron chi connectivity index (χ0n) is 30.2. The topological polar surface area (TPSA) is 31.2 Å². The van der Waals surface area contributed by atoms with E-state index in [0.29, 0.717) is 12.1 Å². The Bertz CT molecular complexity index is 1720. The number of nitrogens with zero attached hydrogens (tertiary/aromatic N) is 4. The Morgan fingerprint density at radius 3 is 1.35 bits per heavy atom. The molecule has 0 aromatic heterocycles. The van der Waals surface area contributed by atoms with Crippen LogP contribution in [-0.2, 0) is 16.2 Å². The molecule has 4 aromatic rings. The van der Waals surface area contributed by atoms with Gasteiger partial charge in [-0.15, -0.1) is 0 Å². The number of fused-ring (bicyclic) bond motifs is 2. The van der Waals surface area contributed by atoms with Crippen LogP contribution in [0.2, 0.25) is 0 Å². The summed E-state index contributed by atoms with van der Waals surface area (Å²) < 4.78 is 0. The molecule has 0 spiro atoms. The van der Waals surface area contributed by atoms with Crippen LogP contribution in [0.15, 0.2) is 94.9 Å². The van der Waals surface area contributed by atoms with Crippen LogP contribution < -0.4 is 9.80 Å². The van der Waals surface area contributed by atoms with E-state index in [9.17, 15) is 0 Å². The van der Waals surface area contributed by atoms with Crippen LogP contribution in [0.3, 0.4) is 0 Å². The third kappa shape index (κ3) is 5.38. The number of hydrogen-bond acceptors (Lipinski definition) is 4. The van der Waals surface area contributed by atoms with Gasteiger partial charge < -0.3 is 9.80 Å². The van der Waals surface area contributed by atoms with Crippen molar-refractivity contribution >= 4 is 35.2 Å². The number of aliphatic imine (C=N–C) groups is 2. The van der Waals surface area contributed by atoms with E-state index in [1.807, 2.05) is 12.4 Å². The Morgan fingerprint density at radius 2 is 0.958 bits per heavy atom. The lowest BCUT2D eigenvalue weighted by atomic mass is 9.65. The molecule has 0 saturated heterocycles. The summed E-state index contributed by atoms with van der Waals surface area (Å²) in [6, 6.07) is 32.5. The summed E-state index contributed by atoms with van der Waals surface area (Å²) in [5.74, 6) is 0. The summed E-state index contributed by atoms with van der Waals surface area (Å²) in [7, 11) is 4.40.